The number of nitrogens with one attached hydrogen (secondary N) is 1. The van der Waals surface area contributed by atoms with E-state index in [2.05, 4.69) is 19.2 Å². The molecule has 0 aromatic rings. The van der Waals surface area contributed by atoms with Crippen molar-refractivity contribution in [2.24, 2.45) is 11.8 Å². The van der Waals surface area contributed by atoms with E-state index in [9.17, 15) is 9.90 Å². The summed E-state index contributed by atoms with van der Waals surface area (Å²) in [6.07, 6.45) is 3.52. The maximum Gasteiger partial charge on any atom is 0.225 e. The molecule has 1 aliphatic carbocycles. The van der Waals surface area contributed by atoms with Crippen molar-refractivity contribution in [3.05, 3.63) is 0 Å². The van der Waals surface area contributed by atoms with Gasteiger partial charge < -0.3 is 15.3 Å². The summed E-state index contributed by atoms with van der Waals surface area (Å²) in [5.41, 5.74) is -0.159. The van der Waals surface area contributed by atoms with E-state index in [4.69, 9.17) is 0 Å². The van der Waals surface area contributed by atoms with Gasteiger partial charge in [0.1, 0.15) is 0 Å². The van der Waals surface area contributed by atoms with Crippen LogP contribution in [0.2, 0.25) is 0 Å². The lowest BCUT2D eigenvalue weighted by atomic mass is 9.76. The topological polar surface area (TPSA) is 52.6 Å². The number of aliphatic hydroxyl groups is 1. The van der Waals surface area contributed by atoms with Gasteiger partial charge in [0, 0.05) is 25.0 Å². The number of carbonyl (C=O) groups excluding carboxylic acids is 1. The Morgan fingerprint density at radius 2 is 2.00 bits per heavy atom. The molecule has 1 rings (SSSR count). The lowest BCUT2D eigenvalue weighted by molar-refractivity contribution is -0.136. The molecule has 0 atom stereocenters. The van der Waals surface area contributed by atoms with Crippen LogP contribution < -0.4 is 5.32 Å². The van der Waals surface area contributed by atoms with Crippen LogP contribution in [0.1, 0.15) is 39.5 Å². The average Bonchev–Trinajstić information content (AvgIpc) is 2.37. The van der Waals surface area contributed by atoms with Crippen molar-refractivity contribution >= 4 is 5.91 Å². The van der Waals surface area contributed by atoms with Crippen LogP contribution in [-0.2, 0) is 4.79 Å². The average molecular weight is 256 g/mol. The number of hydrogen-bond acceptors (Lipinski definition) is 3. The van der Waals surface area contributed by atoms with Gasteiger partial charge in [0.25, 0.3) is 0 Å². The fourth-order valence-corrected chi connectivity index (χ4v) is 2.85. The number of amides is 1. The van der Waals surface area contributed by atoms with Gasteiger partial charge in [-0.3, -0.25) is 4.79 Å². The minimum absolute atomic E-state index is 0.141. The van der Waals surface area contributed by atoms with Gasteiger partial charge in [-0.05, 0) is 38.6 Å². The fourth-order valence-electron chi connectivity index (χ4n) is 2.85. The summed E-state index contributed by atoms with van der Waals surface area (Å²) in [4.78, 5) is 14.1. The number of hydrogen-bond donors (Lipinski definition) is 2. The lowest BCUT2D eigenvalue weighted by Crippen LogP contribution is -2.50. The minimum atomic E-state index is -0.159. The molecule has 18 heavy (non-hydrogen) atoms. The van der Waals surface area contributed by atoms with Gasteiger partial charge in [0.2, 0.25) is 5.91 Å². The molecule has 1 aliphatic rings. The summed E-state index contributed by atoms with van der Waals surface area (Å²) in [6.45, 7) is 5.24. The molecule has 4 heteroatoms. The Labute approximate surface area is 111 Å². The first-order valence-electron chi connectivity index (χ1n) is 6.99. The third-order valence-corrected chi connectivity index (χ3v) is 4.14. The molecule has 4 nitrogen and oxygen atoms in total. The van der Waals surface area contributed by atoms with Crippen LogP contribution in [0.25, 0.3) is 0 Å². The molecule has 0 aromatic heterocycles. The molecule has 0 unspecified atom stereocenters. The molecule has 0 bridgehead atoms. The van der Waals surface area contributed by atoms with Crippen molar-refractivity contribution < 1.29 is 9.90 Å². The molecular formula is C14H28N2O2. The molecule has 2 N–H and O–H groups in total. The van der Waals surface area contributed by atoms with E-state index in [0.717, 1.165) is 32.2 Å². The Balaban J connectivity index is 2.49. The maximum absolute atomic E-state index is 12.3. The molecule has 0 radical (unpaired) electrons. The quantitative estimate of drug-likeness (QED) is 0.778. The van der Waals surface area contributed by atoms with Crippen LogP contribution in [0.3, 0.4) is 0 Å². The molecule has 1 amide bonds. The first-order chi connectivity index (χ1) is 8.44. The number of rotatable bonds is 5. The predicted molar refractivity (Wildman–Crippen MR) is 73.3 cm³/mol. The number of likely N-dealkylation sites (N-methyl/N-ethyl adjacent to an activating group) is 1. The largest absolute Gasteiger partial charge is 0.394 e. The van der Waals surface area contributed by atoms with Gasteiger partial charge in [0.05, 0.1) is 6.61 Å². The molecule has 1 fully saturated rings. The van der Waals surface area contributed by atoms with Crippen LogP contribution in [-0.4, -0.2) is 48.7 Å². The zero-order valence-corrected chi connectivity index (χ0v) is 12.2. The van der Waals surface area contributed by atoms with Crippen molar-refractivity contribution in [1.82, 2.24) is 10.2 Å². The molecular weight excluding hydrogens is 228 g/mol. The SMILES string of the molecule is CNC1(CO)CCC(C(=O)N(C)CC(C)C)CC1. The van der Waals surface area contributed by atoms with E-state index < -0.39 is 0 Å². The highest BCUT2D eigenvalue weighted by atomic mass is 16.3. The first kappa shape index (κ1) is 15.4. The summed E-state index contributed by atoms with van der Waals surface area (Å²) >= 11 is 0. The highest BCUT2D eigenvalue weighted by Gasteiger charge is 2.36. The monoisotopic (exact) mass is 256 g/mol. The third kappa shape index (κ3) is 3.69. The van der Waals surface area contributed by atoms with Crippen molar-refractivity contribution in [2.75, 3.05) is 27.2 Å². The van der Waals surface area contributed by atoms with E-state index in [1.807, 2.05) is 19.0 Å². The van der Waals surface area contributed by atoms with Crippen molar-refractivity contribution in [2.45, 2.75) is 45.1 Å². The minimum Gasteiger partial charge on any atom is -0.394 e. The second kappa shape index (κ2) is 6.53. The maximum atomic E-state index is 12.3. The second-order valence-corrected chi connectivity index (χ2v) is 6.08. The zero-order chi connectivity index (χ0) is 13.8. The fraction of sp³-hybridized carbons (Fsp3) is 0.929. The van der Waals surface area contributed by atoms with Gasteiger partial charge in [-0.25, -0.2) is 0 Å². The number of nitrogens with zero attached hydrogens (tertiary/aromatic N) is 1. The van der Waals surface area contributed by atoms with Gasteiger partial charge in [-0.2, -0.15) is 0 Å². The van der Waals surface area contributed by atoms with E-state index in [1.165, 1.54) is 0 Å². The summed E-state index contributed by atoms with van der Waals surface area (Å²) in [7, 11) is 3.79. The first-order valence-corrected chi connectivity index (χ1v) is 6.99. The smallest absolute Gasteiger partial charge is 0.225 e. The Bertz CT molecular complexity index is 265. The highest BCUT2D eigenvalue weighted by molar-refractivity contribution is 5.78. The zero-order valence-electron chi connectivity index (χ0n) is 12.2. The van der Waals surface area contributed by atoms with Crippen molar-refractivity contribution in [1.29, 1.82) is 0 Å². The van der Waals surface area contributed by atoms with Crippen molar-refractivity contribution in [3.8, 4) is 0 Å². The Morgan fingerprint density at radius 1 is 1.44 bits per heavy atom. The van der Waals surface area contributed by atoms with Gasteiger partial charge in [0.15, 0.2) is 0 Å². The predicted octanol–water partition coefficient (Wildman–Crippen LogP) is 1.24. The lowest BCUT2D eigenvalue weighted by Gasteiger charge is -2.39. The summed E-state index contributed by atoms with van der Waals surface area (Å²) in [5, 5.41) is 12.6. The van der Waals surface area contributed by atoms with Gasteiger partial charge in [-0.15, -0.1) is 0 Å². The van der Waals surface area contributed by atoms with E-state index >= 15 is 0 Å². The standard InChI is InChI=1S/C14H28N2O2/c1-11(2)9-16(4)13(18)12-5-7-14(10-17,15-3)8-6-12/h11-12,15,17H,5-10H2,1-4H3. The van der Waals surface area contributed by atoms with Crippen LogP contribution >= 0.6 is 0 Å². The Kier molecular flexibility index (Phi) is 5.60. The molecule has 0 heterocycles. The van der Waals surface area contributed by atoms with E-state index in [0.29, 0.717) is 5.92 Å². The number of carbonyl (C=O) groups is 1. The highest BCUT2D eigenvalue weighted by Crippen LogP contribution is 2.32. The van der Waals surface area contributed by atoms with Gasteiger partial charge >= 0.3 is 0 Å². The molecule has 1 saturated carbocycles. The van der Waals surface area contributed by atoms with E-state index in [1.54, 1.807) is 0 Å². The van der Waals surface area contributed by atoms with Crippen LogP contribution in [0.15, 0.2) is 0 Å². The third-order valence-electron chi connectivity index (χ3n) is 4.14. The molecule has 0 aromatic carbocycles. The molecule has 106 valence electrons. The summed E-state index contributed by atoms with van der Waals surface area (Å²) in [5.74, 6) is 0.921. The normalized spacial score (nSPS) is 28.4. The van der Waals surface area contributed by atoms with Crippen LogP contribution in [0.5, 0.6) is 0 Å². The van der Waals surface area contributed by atoms with E-state index in [-0.39, 0.29) is 24.0 Å². The summed E-state index contributed by atoms with van der Waals surface area (Å²) in [6, 6.07) is 0. The van der Waals surface area contributed by atoms with Crippen LogP contribution in [0.4, 0.5) is 0 Å². The molecule has 0 saturated heterocycles. The Hall–Kier alpha value is -0.610. The van der Waals surface area contributed by atoms with Crippen LogP contribution in [0, 0.1) is 11.8 Å². The molecule has 0 spiro atoms. The Morgan fingerprint density at radius 3 is 2.39 bits per heavy atom. The van der Waals surface area contributed by atoms with Gasteiger partial charge in [-0.1, -0.05) is 13.8 Å². The number of aliphatic hydroxyl groups excluding tert-OH is 1. The van der Waals surface area contributed by atoms with Crippen molar-refractivity contribution in [3.63, 3.8) is 0 Å². The molecule has 0 aliphatic heterocycles. The summed E-state index contributed by atoms with van der Waals surface area (Å²) < 4.78 is 0. The second-order valence-electron chi connectivity index (χ2n) is 6.08.